The van der Waals surface area contributed by atoms with Gasteiger partial charge in [0.05, 0.1) is 18.8 Å². The Labute approximate surface area is 180 Å². The maximum absolute atomic E-state index is 13.0. The van der Waals surface area contributed by atoms with Gasteiger partial charge in [0, 0.05) is 31.7 Å². The molecule has 2 atom stereocenters. The Bertz CT molecular complexity index is 1180. The quantitative estimate of drug-likeness (QED) is 0.368. The van der Waals surface area contributed by atoms with Crippen LogP contribution in [-0.4, -0.2) is 62.6 Å². The highest BCUT2D eigenvalue weighted by molar-refractivity contribution is 7.87. The smallest absolute Gasteiger partial charge is 0.464 e. The van der Waals surface area contributed by atoms with E-state index in [0.29, 0.717) is 5.57 Å². The van der Waals surface area contributed by atoms with Gasteiger partial charge in [0.15, 0.2) is 5.69 Å². The number of esters is 1. The highest BCUT2D eigenvalue weighted by Crippen LogP contribution is 2.52. The van der Waals surface area contributed by atoms with Gasteiger partial charge in [0.25, 0.3) is 0 Å². The minimum absolute atomic E-state index is 0.0392. The second-order valence-electron chi connectivity index (χ2n) is 7.35. The van der Waals surface area contributed by atoms with Crippen LogP contribution in [-0.2, 0) is 36.3 Å². The van der Waals surface area contributed by atoms with Gasteiger partial charge in [-0.05, 0) is 23.6 Å². The van der Waals surface area contributed by atoms with Crippen LogP contribution < -0.4 is 4.18 Å². The molecular weight excluding hydrogens is 457 g/mol. The number of pyridine rings is 1. The Kier molecular flexibility index (Phi) is 5.08. The minimum Gasteiger partial charge on any atom is -0.464 e. The molecule has 1 amide bonds. The van der Waals surface area contributed by atoms with E-state index in [1.165, 1.54) is 24.2 Å². The summed E-state index contributed by atoms with van der Waals surface area (Å²) in [7, 11) is -3.56. The zero-order valence-electron chi connectivity index (χ0n) is 16.8. The van der Waals surface area contributed by atoms with Gasteiger partial charge in [-0.15, -0.1) is 0 Å². The van der Waals surface area contributed by atoms with Crippen molar-refractivity contribution in [1.82, 2.24) is 9.88 Å². The lowest BCUT2D eigenvalue weighted by atomic mass is 9.71. The fourth-order valence-electron chi connectivity index (χ4n) is 4.34. The van der Waals surface area contributed by atoms with Gasteiger partial charge in [-0.25, -0.2) is 9.78 Å². The molecule has 13 heteroatoms. The van der Waals surface area contributed by atoms with Crippen molar-refractivity contribution in [3.8, 4) is 5.88 Å². The topological polar surface area (TPSA) is 112 Å². The third-order valence-corrected chi connectivity index (χ3v) is 6.70. The zero-order chi connectivity index (χ0) is 23.5. The summed E-state index contributed by atoms with van der Waals surface area (Å²) >= 11 is 0. The van der Waals surface area contributed by atoms with Gasteiger partial charge in [-0.3, -0.25) is 4.79 Å². The molecule has 4 rings (SSSR count). The summed E-state index contributed by atoms with van der Waals surface area (Å²) in [5.41, 5.74) is -6.54. The first-order chi connectivity index (χ1) is 14.9. The summed E-state index contributed by atoms with van der Waals surface area (Å²) in [6.45, 7) is 0.0672. The van der Waals surface area contributed by atoms with E-state index in [4.69, 9.17) is 4.74 Å². The number of hydrogen-bond donors (Lipinski definition) is 0. The first kappa shape index (κ1) is 22.3. The largest absolute Gasteiger partial charge is 0.534 e. The standard InChI is InChI=1S/C19H17F3N2O7S/c1-29-11-4-3-10-7-15(25)24-6-5-12-13(18(10,24)9-11)8-14(17(26)30-2)23-16(12)31-32(27,28)19(20,21)22/h3-4,7-8,11H,5-6,9H2,1-2H3/t11-,18-/m0/s1. The van der Waals surface area contributed by atoms with Crippen molar-refractivity contribution in [2.75, 3.05) is 20.8 Å². The highest BCUT2D eigenvalue weighted by atomic mass is 32.2. The van der Waals surface area contributed by atoms with Crippen LogP contribution in [0.15, 0.2) is 29.9 Å². The predicted octanol–water partition coefficient (Wildman–Crippen LogP) is 1.59. The predicted molar refractivity (Wildman–Crippen MR) is 101 cm³/mol. The number of carbonyl (C=O) groups excluding carboxylic acids is 2. The van der Waals surface area contributed by atoms with E-state index in [9.17, 15) is 31.2 Å². The Hall–Kier alpha value is -2.93. The number of halogens is 3. The van der Waals surface area contributed by atoms with Crippen LogP contribution in [0.4, 0.5) is 13.2 Å². The molecule has 172 valence electrons. The molecule has 0 unspecified atom stereocenters. The van der Waals surface area contributed by atoms with Crippen molar-refractivity contribution >= 4 is 22.0 Å². The first-order valence-electron chi connectivity index (χ1n) is 9.33. The fourth-order valence-corrected chi connectivity index (χ4v) is 4.78. The number of carbonyl (C=O) groups is 2. The van der Waals surface area contributed by atoms with Gasteiger partial charge >= 0.3 is 21.6 Å². The summed E-state index contributed by atoms with van der Waals surface area (Å²) in [5.74, 6) is -2.22. The van der Waals surface area contributed by atoms with Gasteiger partial charge in [0.1, 0.15) is 0 Å². The number of alkyl halides is 3. The number of rotatable bonds is 4. The summed E-state index contributed by atoms with van der Waals surface area (Å²) in [6, 6.07) is 1.29. The third-order valence-electron chi connectivity index (χ3n) is 5.76. The van der Waals surface area contributed by atoms with Crippen LogP contribution >= 0.6 is 0 Å². The average Bonchev–Trinajstić information content (AvgIpc) is 3.03. The zero-order valence-corrected chi connectivity index (χ0v) is 17.6. The lowest BCUT2D eigenvalue weighted by Crippen LogP contribution is -2.53. The molecule has 1 aliphatic carbocycles. The molecule has 9 nitrogen and oxygen atoms in total. The van der Waals surface area contributed by atoms with Crippen LogP contribution in [0.1, 0.15) is 28.0 Å². The normalized spacial score (nSPS) is 24.4. The summed E-state index contributed by atoms with van der Waals surface area (Å²) in [4.78, 5) is 30.1. The average molecular weight is 474 g/mol. The van der Waals surface area contributed by atoms with Crippen LogP contribution in [0.5, 0.6) is 5.88 Å². The molecule has 0 N–H and O–H groups in total. The molecule has 1 spiro atoms. The van der Waals surface area contributed by atoms with Crippen molar-refractivity contribution in [3.05, 3.63) is 46.7 Å². The molecule has 2 aliphatic heterocycles. The van der Waals surface area contributed by atoms with Gasteiger partial charge in [-0.1, -0.05) is 12.2 Å². The molecule has 0 fully saturated rings. The third kappa shape index (κ3) is 3.18. The molecule has 0 saturated heterocycles. The number of ether oxygens (including phenoxy) is 2. The van der Waals surface area contributed by atoms with E-state index in [0.717, 1.165) is 7.11 Å². The minimum atomic E-state index is -6.06. The Morgan fingerprint density at radius 2 is 2.03 bits per heavy atom. The molecule has 32 heavy (non-hydrogen) atoms. The van der Waals surface area contributed by atoms with Crippen LogP contribution in [0.3, 0.4) is 0 Å². The van der Waals surface area contributed by atoms with Crippen molar-refractivity contribution < 1.29 is 44.8 Å². The van der Waals surface area contributed by atoms with Crippen molar-refractivity contribution in [2.45, 2.75) is 30.0 Å². The van der Waals surface area contributed by atoms with E-state index in [1.54, 1.807) is 12.2 Å². The number of amides is 1. The molecule has 1 aromatic rings. The molecule has 0 saturated carbocycles. The van der Waals surface area contributed by atoms with Crippen molar-refractivity contribution in [1.29, 1.82) is 0 Å². The Balaban J connectivity index is 1.97. The van der Waals surface area contributed by atoms with E-state index < -0.39 is 44.8 Å². The molecular formula is C19H17F3N2O7S. The maximum atomic E-state index is 13.0. The molecule has 3 aliphatic rings. The number of fused-ring (bicyclic) bond motifs is 1. The molecule has 3 heterocycles. The van der Waals surface area contributed by atoms with Crippen molar-refractivity contribution in [3.63, 3.8) is 0 Å². The maximum Gasteiger partial charge on any atom is 0.534 e. The van der Waals surface area contributed by atoms with E-state index in [-0.39, 0.29) is 36.4 Å². The number of nitrogens with zero attached hydrogens (tertiary/aromatic N) is 2. The number of hydrogen-bond acceptors (Lipinski definition) is 8. The lowest BCUT2D eigenvalue weighted by Gasteiger charge is -2.48. The molecule has 0 bridgehead atoms. The van der Waals surface area contributed by atoms with Gasteiger partial charge in [-0.2, -0.15) is 21.6 Å². The van der Waals surface area contributed by atoms with Crippen LogP contribution in [0, 0.1) is 0 Å². The molecule has 1 aromatic heterocycles. The van der Waals surface area contributed by atoms with Crippen molar-refractivity contribution in [2.24, 2.45) is 0 Å². The second-order valence-corrected chi connectivity index (χ2v) is 8.89. The fraction of sp³-hybridized carbons (Fsp3) is 0.421. The summed E-state index contributed by atoms with van der Waals surface area (Å²) in [5, 5.41) is 0. The van der Waals surface area contributed by atoms with E-state index in [1.807, 2.05) is 0 Å². The summed E-state index contributed by atoms with van der Waals surface area (Å²) < 4.78 is 76.8. The first-order valence-corrected chi connectivity index (χ1v) is 10.7. The Morgan fingerprint density at radius 3 is 2.66 bits per heavy atom. The van der Waals surface area contributed by atoms with Gasteiger partial charge < -0.3 is 18.6 Å². The lowest BCUT2D eigenvalue weighted by molar-refractivity contribution is -0.130. The van der Waals surface area contributed by atoms with Crippen LogP contribution in [0.25, 0.3) is 0 Å². The number of methoxy groups -OCH3 is 2. The molecule has 0 radical (unpaired) electrons. The Morgan fingerprint density at radius 1 is 1.31 bits per heavy atom. The summed E-state index contributed by atoms with van der Waals surface area (Å²) in [6.07, 6.45) is 4.49. The second kappa shape index (κ2) is 7.30. The van der Waals surface area contributed by atoms with E-state index in [2.05, 4.69) is 13.9 Å². The van der Waals surface area contributed by atoms with Crippen LogP contribution in [0.2, 0.25) is 0 Å². The van der Waals surface area contributed by atoms with E-state index >= 15 is 0 Å². The molecule has 0 aromatic carbocycles. The van der Waals surface area contributed by atoms with Gasteiger partial charge in [0.2, 0.25) is 11.8 Å². The monoisotopic (exact) mass is 474 g/mol. The number of aromatic nitrogens is 1. The highest BCUT2D eigenvalue weighted by Gasteiger charge is 2.55. The SMILES string of the molecule is COC(=O)c1cc2c(c(OS(=O)(=O)C(F)(F)F)n1)CCN1C(=O)C=C3C=C[C@H](OC)C[C@]321.